The molecule has 0 radical (unpaired) electrons. The molecular weight excluding hydrogens is 1870 g/mol. The molecule has 2 aliphatic carbocycles. The molecule has 2 saturated carbocycles. The highest BCUT2D eigenvalue weighted by Gasteiger charge is 2.56. The summed E-state index contributed by atoms with van der Waals surface area (Å²) in [6.45, 7) is 26.3. The third kappa shape index (κ3) is 33.0. The molecule has 2 amide bonds. The molecule has 36 nitrogen and oxygen atoms in total. The standard InChI is InChI=1S/2C52H82N6O12S/c2*1-32-16-12-11-13-17-34(3)41(54-71(10,65)66)30-40-22-20-38(7)52(64,70-40)49(61)50(62)57-25-15-14-18-43(57)51(63)69-44(24-19-33(2)27-37(6)47(60)48(68-9)46(59)36(5)26-32)35(4)28-39-21-23-42(45(29-39)67-8)58-31-53-55-56-58/h2*11-13,16-17,27,31-33,35-36,38-45,47-48,54,60,64H,14-15,18-26,28-30H2,1-10H3/b2*13-11+,16-12+,34-17+,37-27+/t32-,33+,35-,36-,38-,39+,40+,41+,42+,43+,44+,45-,47-,48+,52-;32-,33+,35-,36-,38-,39+,40+,41-,42+,43+,44+,45-,47-,48+,52-/m11/s1. The number of nitrogens with zero attached hydrogens (tertiary/aromatic N) is 10. The molecule has 2 aromatic heterocycles. The number of amides is 2. The lowest BCUT2D eigenvalue weighted by atomic mass is 9.77. The maximum Gasteiger partial charge on any atom is 0.329 e. The van der Waals surface area contributed by atoms with Crippen molar-refractivity contribution in [3.8, 4) is 0 Å². The van der Waals surface area contributed by atoms with E-state index in [9.17, 15) is 75.6 Å². The van der Waals surface area contributed by atoms with Crippen LogP contribution in [-0.4, -0.2) is 285 Å². The summed E-state index contributed by atoms with van der Waals surface area (Å²) in [6, 6.07) is -3.75. The summed E-state index contributed by atoms with van der Waals surface area (Å²) in [6.07, 6.45) is 33.5. The monoisotopic (exact) mass is 2030 g/mol. The molecule has 2 aromatic rings. The van der Waals surface area contributed by atoms with Crippen molar-refractivity contribution in [1.29, 1.82) is 0 Å². The summed E-state index contributed by atoms with van der Waals surface area (Å²) in [4.78, 5) is 117. The molecular formula is C104H164N12O24S2. The lowest BCUT2D eigenvalue weighted by Gasteiger charge is -2.43. The van der Waals surface area contributed by atoms with Gasteiger partial charge >= 0.3 is 11.9 Å². The number of piperidine rings is 2. The number of ketones is 4. The first kappa shape index (κ1) is 118. The van der Waals surface area contributed by atoms with Crippen LogP contribution >= 0.6 is 0 Å². The fraction of sp³-hybridized carbons (Fsp3) is 0.750. The van der Waals surface area contributed by atoms with E-state index >= 15 is 0 Å². The first-order valence-electron chi connectivity index (χ1n) is 51.4. The number of carbonyl (C=O) groups is 8. The van der Waals surface area contributed by atoms with Gasteiger partial charge in [-0.15, -0.1) is 10.2 Å². The molecule has 4 bridgehead atoms. The number of rotatable bonds is 16. The van der Waals surface area contributed by atoms with Crippen LogP contribution in [0.25, 0.3) is 0 Å². The number of cyclic esters (lactones) is 2. The molecule has 6 N–H and O–H groups in total. The average molecular weight is 2030 g/mol. The first-order chi connectivity index (χ1) is 67.1. The molecule has 0 unspecified atom stereocenters. The minimum Gasteiger partial charge on any atom is -0.461 e. The molecule has 4 saturated heterocycles. The zero-order chi connectivity index (χ0) is 104. The number of ether oxygens (including phenoxy) is 8. The zero-order valence-corrected chi connectivity index (χ0v) is 88.9. The maximum absolute atomic E-state index is 14.5. The second-order valence-corrected chi connectivity index (χ2v) is 45.9. The number of fused-ring (bicyclic) bond motifs is 6. The predicted molar refractivity (Wildman–Crippen MR) is 533 cm³/mol. The number of methoxy groups -OCH3 is 4. The van der Waals surface area contributed by atoms with Crippen molar-refractivity contribution in [2.24, 2.45) is 71.0 Å². The van der Waals surface area contributed by atoms with Gasteiger partial charge in [-0.2, -0.15) is 0 Å². The van der Waals surface area contributed by atoms with E-state index in [1.54, 1.807) is 114 Å². The Balaban J connectivity index is 0.000000317. The zero-order valence-electron chi connectivity index (χ0n) is 87.3. The SMILES string of the molecule is CO[C@@H]1C[C@H](C[C@@H](C)[C@@H]2CC[C@H](C)/C=C(\C)[C@@H](O)[C@@H](OC)C(=O)[C@H](C)C[C@H](C)/C=C/C=C/C=C(\C)[C@@H](NS(C)(=O)=O)C[C@@H]3CC[C@@H](C)[C@@](O)(O3)C(=O)C(=O)N3CCCC[C@H]3C(=O)O2)CC[C@@H]1n1cnnn1.CO[C@@H]1C[C@H](C[C@@H](C)[C@@H]2CC[C@H](C)/C=C(\C)[C@@H](O)[C@@H](OC)C(=O)[C@H](C)C[C@H](C)/C=C/C=C/C=C(\C)[C@H](NS(C)(=O)=O)C[C@@H]3CC[C@@H](C)[C@@](O)(O3)C(=O)C(=O)N3CCCC[C@H]3C(=O)O2)CC[C@@H]1n1cnnn1. The Hall–Kier alpha value is -7.96. The van der Waals surface area contributed by atoms with Crippen molar-refractivity contribution in [2.45, 2.75) is 373 Å². The van der Waals surface area contributed by atoms with E-state index in [2.05, 4.69) is 54.3 Å². The number of esters is 2. The van der Waals surface area contributed by atoms with Gasteiger partial charge in [0.05, 0.1) is 49.0 Å². The second-order valence-electron chi connectivity index (χ2n) is 42.4. The average Bonchev–Trinajstić information content (AvgIpc) is 1.18. The largest absolute Gasteiger partial charge is 0.461 e. The highest BCUT2D eigenvalue weighted by atomic mass is 32.2. The molecule has 796 valence electrons. The van der Waals surface area contributed by atoms with Crippen LogP contribution in [0.4, 0.5) is 0 Å². The summed E-state index contributed by atoms with van der Waals surface area (Å²) < 4.78 is 108. The van der Waals surface area contributed by atoms with Gasteiger partial charge in [-0.3, -0.25) is 28.8 Å². The minimum atomic E-state index is -3.72. The van der Waals surface area contributed by atoms with E-state index < -0.39 is 164 Å². The van der Waals surface area contributed by atoms with Gasteiger partial charge in [0.2, 0.25) is 31.6 Å². The molecule has 10 rings (SSSR count). The third-order valence-electron chi connectivity index (χ3n) is 30.7. The molecule has 0 aromatic carbocycles. The van der Waals surface area contributed by atoms with Crippen LogP contribution < -0.4 is 9.44 Å². The van der Waals surface area contributed by atoms with E-state index in [-0.39, 0.29) is 122 Å². The van der Waals surface area contributed by atoms with Crippen LogP contribution in [0, 0.1) is 71.0 Å². The van der Waals surface area contributed by atoms with Crippen molar-refractivity contribution in [3.63, 3.8) is 0 Å². The molecule has 8 aliphatic rings. The Morgan fingerprint density at radius 2 is 0.824 bits per heavy atom. The van der Waals surface area contributed by atoms with Gasteiger partial charge in [0, 0.05) is 77.3 Å². The number of hydrogen-bond donors (Lipinski definition) is 6. The van der Waals surface area contributed by atoms with Crippen LogP contribution in [0.2, 0.25) is 0 Å². The van der Waals surface area contributed by atoms with Crippen LogP contribution in [0.5, 0.6) is 0 Å². The lowest BCUT2D eigenvalue weighted by Crippen LogP contribution is -2.61. The fourth-order valence-electron chi connectivity index (χ4n) is 22.2. The summed E-state index contributed by atoms with van der Waals surface area (Å²) in [5.41, 5.74) is 2.45. The number of aromatic nitrogens is 8. The molecule has 8 heterocycles. The lowest BCUT2D eigenvalue weighted by molar-refractivity contribution is -0.264. The van der Waals surface area contributed by atoms with E-state index in [0.717, 1.165) is 51.0 Å². The van der Waals surface area contributed by atoms with Crippen molar-refractivity contribution < 1.29 is 114 Å². The second kappa shape index (κ2) is 54.6. The molecule has 6 fully saturated rings. The summed E-state index contributed by atoms with van der Waals surface area (Å²) in [5.74, 6) is -13.6. The van der Waals surface area contributed by atoms with Crippen molar-refractivity contribution in [2.75, 3.05) is 54.0 Å². The minimum absolute atomic E-state index is 0.0105. The number of Topliss-reactive ketones (excluding diaryl/α,β-unsaturated/α-hetero) is 4. The molecule has 0 spiro atoms. The fourth-order valence-corrected chi connectivity index (χ4v) is 23.8. The number of aliphatic hydroxyl groups is 4. The van der Waals surface area contributed by atoms with Gasteiger partial charge in [-0.05, 0) is 274 Å². The van der Waals surface area contributed by atoms with Crippen molar-refractivity contribution >= 4 is 66.9 Å². The highest BCUT2D eigenvalue weighted by Crippen LogP contribution is 2.44. The Kier molecular flexibility index (Phi) is 45.2. The predicted octanol–water partition coefficient (Wildman–Crippen LogP) is 11.5. The Morgan fingerprint density at radius 3 is 1.16 bits per heavy atom. The van der Waals surface area contributed by atoms with Crippen LogP contribution in [0.1, 0.15) is 276 Å². The smallest absolute Gasteiger partial charge is 0.329 e. The number of sulfonamides is 2. The number of carbonyl (C=O) groups excluding carboxylic acids is 8. The van der Waals surface area contributed by atoms with E-state index in [1.807, 2.05) is 78.0 Å². The first-order valence-corrected chi connectivity index (χ1v) is 55.2. The van der Waals surface area contributed by atoms with Gasteiger partial charge in [-0.1, -0.05) is 153 Å². The number of hydrogen-bond acceptors (Lipinski definition) is 30. The number of allylic oxidation sites excluding steroid dienone is 12. The van der Waals surface area contributed by atoms with E-state index in [0.29, 0.717) is 125 Å². The Bertz CT molecular complexity index is 4670. The van der Waals surface area contributed by atoms with Crippen LogP contribution in [0.3, 0.4) is 0 Å². The summed E-state index contributed by atoms with van der Waals surface area (Å²) >= 11 is 0. The molecule has 6 aliphatic heterocycles. The van der Waals surface area contributed by atoms with E-state index in [4.69, 9.17) is 37.9 Å². The van der Waals surface area contributed by atoms with Gasteiger partial charge < -0.3 is 68.1 Å². The van der Waals surface area contributed by atoms with Crippen molar-refractivity contribution in [1.82, 2.24) is 59.7 Å². The van der Waals surface area contributed by atoms with Crippen LogP contribution in [0.15, 0.2) is 108 Å². The highest BCUT2D eigenvalue weighted by molar-refractivity contribution is 7.89. The number of tetrazole rings is 2. The topological polar surface area (TPSA) is 477 Å². The van der Waals surface area contributed by atoms with Gasteiger partial charge in [0.15, 0.2) is 11.6 Å². The molecule has 30 atom stereocenters. The Morgan fingerprint density at radius 1 is 0.451 bits per heavy atom. The van der Waals surface area contributed by atoms with E-state index in [1.165, 1.54) is 24.0 Å². The quantitative estimate of drug-likeness (QED) is 0.0516. The van der Waals surface area contributed by atoms with Gasteiger partial charge in [0.1, 0.15) is 61.4 Å². The van der Waals surface area contributed by atoms with Crippen LogP contribution in [-0.2, 0) is 96.3 Å². The maximum atomic E-state index is 14.5. The molecule has 38 heteroatoms. The third-order valence-corrected chi connectivity index (χ3v) is 32.1. The van der Waals surface area contributed by atoms with Gasteiger partial charge in [0.25, 0.3) is 23.4 Å². The summed E-state index contributed by atoms with van der Waals surface area (Å²) in [5, 5.41) is 70.7. The van der Waals surface area contributed by atoms with Gasteiger partial charge in [-0.25, -0.2) is 45.2 Å². The molecule has 142 heavy (non-hydrogen) atoms. The normalized spacial score (nSPS) is 38.2. The number of nitrogens with one attached hydrogen (secondary N) is 2. The number of aliphatic hydroxyl groups excluding tert-OH is 2. The Labute approximate surface area is 841 Å². The summed E-state index contributed by atoms with van der Waals surface area (Å²) in [7, 11) is -1.24. The van der Waals surface area contributed by atoms with Crippen molar-refractivity contribution in [3.05, 3.63) is 108 Å².